The number of ether oxygens (including phenoxy) is 1. The Morgan fingerprint density at radius 1 is 1.04 bits per heavy atom. The summed E-state index contributed by atoms with van der Waals surface area (Å²) in [4.78, 5) is 12.6. The number of hydrogen-bond donors (Lipinski definition) is 1. The molecule has 28 heavy (non-hydrogen) atoms. The van der Waals surface area contributed by atoms with Crippen molar-refractivity contribution >= 4 is 5.97 Å². The molecule has 0 radical (unpaired) electrons. The minimum Gasteiger partial charge on any atom is -0.462 e. The summed E-state index contributed by atoms with van der Waals surface area (Å²) >= 11 is 0. The lowest BCUT2D eigenvalue weighted by Crippen LogP contribution is -2.57. The van der Waals surface area contributed by atoms with Gasteiger partial charge in [0.25, 0.3) is 0 Å². The fourth-order valence-corrected chi connectivity index (χ4v) is 7.73. The molecular weight excluding hydrogens is 348 g/mol. The molecule has 160 valence electrons. The van der Waals surface area contributed by atoms with E-state index < -0.39 is 0 Å². The smallest absolute Gasteiger partial charge is 0.311 e. The summed E-state index contributed by atoms with van der Waals surface area (Å²) in [5.41, 5.74) is 0.110. The van der Waals surface area contributed by atoms with Gasteiger partial charge < -0.3 is 9.84 Å². The fraction of sp³-hybridized carbons (Fsp3) is 0.960. The quantitative estimate of drug-likeness (QED) is 0.625. The van der Waals surface area contributed by atoms with Crippen molar-refractivity contribution in [3.8, 4) is 0 Å². The van der Waals surface area contributed by atoms with Crippen LogP contribution in [0.15, 0.2) is 0 Å². The van der Waals surface area contributed by atoms with E-state index >= 15 is 0 Å². The van der Waals surface area contributed by atoms with Crippen molar-refractivity contribution in [3.05, 3.63) is 0 Å². The van der Waals surface area contributed by atoms with Gasteiger partial charge in [-0.05, 0) is 106 Å². The standard InChI is InChI=1S/C25H42O3/c1-6-23(2,3)22(27)28-17-11-13-24(4)16(14-17)9-10-18-19-8-7-12-25(19,5)21(26)15-20(18)24/h16-21,26H,6-15H2,1-5H3. The van der Waals surface area contributed by atoms with Crippen LogP contribution in [0.5, 0.6) is 0 Å². The van der Waals surface area contributed by atoms with Crippen molar-refractivity contribution in [2.24, 2.45) is 39.9 Å². The average molecular weight is 391 g/mol. The fourth-order valence-electron chi connectivity index (χ4n) is 7.73. The number of carbonyl (C=O) groups excluding carboxylic acids is 1. The minimum atomic E-state index is -0.376. The largest absolute Gasteiger partial charge is 0.462 e. The molecule has 3 nitrogen and oxygen atoms in total. The van der Waals surface area contributed by atoms with E-state index in [9.17, 15) is 9.90 Å². The molecule has 0 aliphatic heterocycles. The molecule has 0 saturated heterocycles. The van der Waals surface area contributed by atoms with Gasteiger partial charge in [0.1, 0.15) is 6.10 Å². The lowest BCUT2D eigenvalue weighted by atomic mass is 9.44. The molecule has 0 heterocycles. The topological polar surface area (TPSA) is 46.5 Å². The molecule has 4 fully saturated rings. The van der Waals surface area contributed by atoms with Crippen molar-refractivity contribution in [2.75, 3.05) is 0 Å². The third-order valence-corrected chi connectivity index (χ3v) is 10.2. The van der Waals surface area contributed by atoms with Gasteiger partial charge in [-0.3, -0.25) is 4.79 Å². The van der Waals surface area contributed by atoms with E-state index in [1.165, 1.54) is 32.1 Å². The maximum absolute atomic E-state index is 12.6. The van der Waals surface area contributed by atoms with E-state index in [1.54, 1.807) is 0 Å². The van der Waals surface area contributed by atoms with Crippen LogP contribution < -0.4 is 0 Å². The van der Waals surface area contributed by atoms with Crippen LogP contribution in [-0.2, 0) is 9.53 Å². The zero-order chi connectivity index (χ0) is 20.3. The second-order valence-electron chi connectivity index (χ2n) is 11.8. The van der Waals surface area contributed by atoms with Crippen LogP contribution in [0.4, 0.5) is 0 Å². The molecule has 0 aromatic rings. The van der Waals surface area contributed by atoms with Crippen LogP contribution in [-0.4, -0.2) is 23.3 Å². The van der Waals surface area contributed by atoms with Crippen molar-refractivity contribution in [2.45, 2.75) is 111 Å². The van der Waals surface area contributed by atoms with Gasteiger partial charge in [-0.2, -0.15) is 0 Å². The lowest BCUT2D eigenvalue weighted by Gasteiger charge is -2.61. The summed E-state index contributed by atoms with van der Waals surface area (Å²) in [5, 5.41) is 11.1. The van der Waals surface area contributed by atoms with Crippen LogP contribution in [0.2, 0.25) is 0 Å². The number of carbonyl (C=O) groups is 1. The van der Waals surface area contributed by atoms with E-state index in [0.717, 1.165) is 43.9 Å². The van der Waals surface area contributed by atoms with Crippen molar-refractivity contribution in [1.82, 2.24) is 0 Å². The number of esters is 1. The summed E-state index contributed by atoms with van der Waals surface area (Å²) in [6.07, 6.45) is 11.4. The predicted molar refractivity (Wildman–Crippen MR) is 112 cm³/mol. The van der Waals surface area contributed by atoms with Crippen LogP contribution in [0.25, 0.3) is 0 Å². The van der Waals surface area contributed by atoms with Crippen molar-refractivity contribution in [1.29, 1.82) is 0 Å². The van der Waals surface area contributed by atoms with Gasteiger partial charge in [0, 0.05) is 0 Å². The van der Waals surface area contributed by atoms with E-state index in [-0.39, 0.29) is 29.0 Å². The number of aliphatic hydroxyl groups excluding tert-OH is 1. The second-order valence-corrected chi connectivity index (χ2v) is 11.8. The highest BCUT2D eigenvalue weighted by molar-refractivity contribution is 5.76. The first-order chi connectivity index (χ1) is 13.1. The predicted octanol–water partition coefficient (Wildman–Crippen LogP) is 5.74. The molecule has 0 bridgehead atoms. The van der Waals surface area contributed by atoms with Gasteiger partial charge in [0.2, 0.25) is 0 Å². The van der Waals surface area contributed by atoms with Gasteiger partial charge in [-0.25, -0.2) is 0 Å². The summed E-state index contributed by atoms with van der Waals surface area (Å²) in [6.45, 7) is 10.9. The Hall–Kier alpha value is -0.570. The third-order valence-electron chi connectivity index (χ3n) is 10.2. The summed E-state index contributed by atoms with van der Waals surface area (Å²) < 4.78 is 6.00. The Morgan fingerprint density at radius 2 is 1.79 bits per heavy atom. The lowest BCUT2D eigenvalue weighted by molar-refractivity contribution is -0.178. The molecule has 8 atom stereocenters. The summed E-state index contributed by atoms with van der Waals surface area (Å²) in [5.74, 6) is 2.80. The number of hydrogen-bond acceptors (Lipinski definition) is 3. The molecule has 8 unspecified atom stereocenters. The van der Waals surface area contributed by atoms with Gasteiger partial charge in [0.05, 0.1) is 11.5 Å². The summed E-state index contributed by atoms with van der Waals surface area (Å²) in [6, 6.07) is 0. The molecular formula is C25H42O3. The maximum Gasteiger partial charge on any atom is 0.311 e. The Bertz CT molecular complexity index is 613. The highest BCUT2D eigenvalue weighted by atomic mass is 16.5. The Morgan fingerprint density at radius 3 is 2.50 bits per heavy atom. The van der Waals surface area contributed by atoms with Crippen molar-refractivity contribution < 1.29 is 14.6 Å². The van der Waals surface area contributed by atoms with Crippen LogP contribution in [0, 0.1) is 39.9 Å². The average Bonchev–Trinajstić information content (AvgIpc) is 3.06. The van der Waals surface area contributed by atoms with E-state index in [4.69, 9.17) is 4.74 Å². The van der Waals surface area contributed by atoms with E-state index in [0.29, 0.717) is 17.3 Å². The summed E-state index contributed by atoms with van der Waals surface area (Å²) in [7, 11) is 0. The molecule has 4 saturated carbocycles. The minimum absolute atomic E-state index is 0.0212. The molecule has 0 aromatic heterocycles. The molecule has 0 aromatic carbocycles. The van der Waals surface area contributed by atoms with Crippen LogP contribution >= 0.6 is 0 Å². The Kier molecular flexibility index (Phi) is 5.17. The number of fused-ring (bicyclic) bond motifs is 5. The second kappa shape index (κ2) is 7.00. The van der Waals surface area contributed by atoms with Gasteiger partial charge >= 0.3 is 5.97 Å². The molecule has 0 spiro atoms. The molecule has 4 aliphatic rings. The van der Waals surface area contributed by atoms with E-state index in [2.05, 4.69) is 20.8 Å². The first-order valence-corrected chi connectivity index (χ1v) is 12.0. The first kappa shape index (κ1) is 20.7. The van der Waals surface area contributed by atoms with Gasteiger partial charge in [-0.1, -0.05) is 27.2 Å². The van der Waals surface area contributed by atoms with E-state index in [1.807, 2.05) is 13.8 Å². The number of rotatable bonds is 3. The molecule has 0 amide bonds. The zero-order valence-electron chi connectivity index (χ0n) is 18.8. The number of aliphatic hydroxyl groups is 1. The maximum atomic E-state index is 12.6. The highest BCUT2D eigenvalue weighted by Crippen LogP contribution is 2.66. The zero-order valence-corrected chi connectivity index (χ0v) is 18.8. The first-order valence-electron chi connectivity index (χ1n) is 12.0. The van der Waals surface area contributed by atoms with Gasteiger partial charge in [-0.15, -0.1) is 0 Å². The Labute approximate surface area is 172 Å². The third kappa shape index (κ3) is 3.06. The monoisotopic (exact) mass is 390 g/mol. The SMILES string of the molecule is CCC(C)(C)C(=O)OC1CCC2(C)C(CCC3C4CCCC4(C)C(O)CC32)C1. The highest BCUT2D eigenvalue weighted by Gasteiger charge is 2.60. The van der Waals surface area contributed by atoms with Crippen LogP contribution in [0.3, 0.4) is 0 Å². The van der Waals surface area contributed by atoms with Gasteiger partial charge in [0.15, 0.2) is 0 Å². The molecule has 4 aliphatic carbocycles. The molecule has 1 N–H and O–H groups in total. The Balaban J connectivity index is 1.48. The molecule has 3 heteroatoms. The van der Waals surface area contributed by atoms with Crippen molar-refractivity contribution in [3.63, 3.8) is 0 Å². The molecule has 4 rings (SSSR count). The van der Waals surface area contributed by atoms with Crippen LogP contribution in [0.1, 0.15) is 98.8 Å². The normalized spacial score (nSPS) is 48.4.